The Kier molecular flexibility index (Phi) is 13.0. The molecular formula is C30H51N3O8S. The SMILES string of the molecule is CC(C)C[C@@H]1CCO[C@@H]2[C@H](CN[C@@H]2C(=O)N[C@@H]2C/C=C\[C@@H](CN3CCCC3)CS[C@H]3O[C@H]2[C@H](O)[C@H](O)[C@H]3O)C1.O=CO. The molecule has 0 saturated carbocycles. The Morgan fingerprint density at radius 3 is 2.62 bits per heavy atom. The number of aliphatic hydroxyl groups excluding tert-OH is 3. The molecule has 6 N–H and O–H groups in total. The Bertz CT molecular complexity index is 891. The second-order valence-corrected chi connectivity index (χ2v) is 14.1. The van der Waals surface area contributed by atoms with Crippen LogP contribution in [0.3, 0.4) is 0 Å². The number of fused-ring (bicyclic) bond motifs is 3. The van der Waals surface area contributed by atoms with Gasteiger partial charge < -0.3 is 45.4 Å². The van der Waals surface area contributed by atoms with Gasteiger partial charge in [0.1, 0.15) is 35.9 Å². The summed E-state index contributed by atoms with van der Waals surface area (Å²) in [5, 5.41) is 45.7. The van der Waals surface area contributed by atoms with E-state index in [-0.39, 0.29) is 24.4 Å². The fourth-order valence-electron chi connectivity index (χ4n) is 7.27. The zero-order chi connectivity index (χ0) is 30.2. The van der Waals surface area contributed by atoms with E-state index in [2.05, 4.69) is 41.5 Å². The monoisotopic (exact) mass is 613 g/mol. The van der Waals surface area contributed by atoms with Crippen molar-refractivity contribution in [2.75, 3.05) is 38.5 Å². The number of likely N-dealkylation sites (tertiary alicyclic amines) is 1. The highest BCUT2D eigenvalue weighted by molar-refractivity contribution is 7.99. The molecule has 240 valence electrons. The molecule has 4 saturated heterocycles. The van der Waals surface area contributed by atoms with E-state index >= 15 is 0 Å². The number of hydrogen-bond donors (Lipinski definition) is 6. The third-order valence-corrected chi connectivity index (χ3v) is 10.6. The smallest absolute Gasteiger partial charge is 0.290 e. The van der Waals surface area contributed by atoms with Gasteiger partial charge in [0, 0.05) is 25.4 Å². The predicted molar refractivity (Wildman–Crippen MR) is 160 cm³/mol. The Hall–Kier alpha value is -1.25. The number of carboxylic acid groups (broad SMARTS) is 1. The Morgan fingerprint density at radius 1 is 1.17 bits per heavy atom. The third-order valence-electron chi connectivity index (χ3n) is 9.25. The second-order valence-electron chi connectivity index (χ2n) is 12.9. The number of ether oxygens (including phenoxy) is 2. The summed E-state index contributed by atoms with van der Waals surface area (Å²) in [5.41, 5.74) is -0.669. The van der Waals surface area contributed by atoms with Crippen molar-refractivity contribution in [2.24, 2.45) is 23.7 Å². The van der Waals surface area contributed by atoms with Crippen LogP contribution in [0.2, 0.25) is 0 Å². The maximum absolute atomic E-state index is 13.7. The lowest BCUT2D eigenvalue weighted by Gasteiger charge is -2.44. The fraction of sp³-hybridized carbons (Fsp3) is 0.867. The highest BCUT2D eigenvalue weighted by Crippen LogP contribution is 2.35. The molecule has 0 aromatic carbocycles. The summed E-state index contributed by atoms with van der Waals surface area (Å²) in [6.07, 6.45) is 5.69. The predicted octanol–water partition coefficient (Wildman–Crippen LogP) is 0.814. The second kappa shape index (κ2) is 16.2. The average molecular weight is 614 g/mol. The maximum atomic E-state index is 13.7. The van der Waals surface area contributed by atoms with Crippen LogP contribution < -0.4 is 10.6 Å². The number of carbonyl (C=O) groups is 2. The molecule has 5 aliphatic heterocycles. The van der Waals surface area contributed by atoms with Gasteiger partial charge in [-0.1, -0.05) is 26.0 Å². The molecular weight excluding hydrogens is 562 g/mol. The molecule has 5 aliphatic rings. The topological polar surface area (TPSA) is 161 Å². The number of amides is 1. The summed E-state index contributed by atoms with van der Waals surface area (Å²) >= 11 is 1.48. The van der Waals surface area contributed by atoms with Gasteiger partial charge in [0.2, 0.25) is 5.91 Å². The van der Waals surface area contributed by atoms with Crippen LogP contribution in [-0.4, -0.2) is 124 Å². The van der Waals surface area contributed by atoms with Gasteiger partial charge in [0.25, 0.3) is 6.47 Å². The van der Waals surface area contributed by atoms with Crippen molar-refractivity contribution < 1.29 is 39.5 Å². The van der Waals surface area contributed by atoms with Crippen molar-refractivity contribution in [1.82, 2.24) is 15.5 Å². The molecule has 4 fully saturated rings. The van der Waals surface area contributed by atoms with Crippen LogP contribution in [0, 0.1) is 23.7 Å². The van der Waals surface area contributed by atoms with Crippen molar-refractivity contribution in [1.29, 1.82) is 0 Å². The maximum Gasteiger partial charge on any atom is 0.290 e. The first kappa shape index (κ1) is 33.6. The van der Waals surface area contributed by atoms with Gasteiger partial charge in [-0.15, -0.1) is 11.8 Å². The van der Waals surface area contributed by atoms with Crippen molar-refractivity contribution in [2.45, 2.75) is 100 Å². The highest BCUT2D eigenvalue weighted by atomic mass is 32.2. The normalized spacial score (nSPS) is 41.6. The van der Waals surface area contributed by atoms with E-state index in [1.165, 1.54) is 31.0 Å². The Labute approximate surface area is 253 Å². The minimum Gasteiger partial charge on any atom is -0.483 e. The first-order valence-corrected chi connectivity index (χ1v) is 16.7. The van der Waals surface area contributed by atoms with Crippen LogP contribution in [0.4, 0.5) is 0 Å². The largest absolute Gasteiger partial charge is 0.483 e. The van der Waals surface area contributed by atoms with Crippen molar-refractivity contribution in [3.8, 4) is 0 Å². The van der Waals surface area contributed by atoms with Gasteiger partial charge in [-0.05, 0) is 75.3 Å². The molecule has 5 heterocycles. The number of carbonyl (C=O) groups excluding carboxylic acids is 1. The summed E-state index contributed by atoms with van der Waals surface area (Å²) in [4.78, 5) is 24.5. The molecule has 0 aromatic heterocycles. The van der Waals surface area contributed by atoms with Gasteiger partial charge in [-0.25, -0.2) is 0 Å². The van der Waals surface area contributed by atoms with Gasteiger partial charge >= 0.3 is 0 Å². The van der Waals surface area contributed by atoms with Crippen molar-refractivity contribution in [3.05, 3.63) is 12.2 Å². The molecule has 0 radical (unpaired) electrons. The van der Waals surface area contributed by atoms with E-state index in [9.17, 15) is 20.1 Å². The fourth-order valence-corrected chi connectivity index (χ4v) is 8.48. The molecule has 1 amide bonds. The molecule has 0 aromatic rings. The quantitative estimate of drug-likeness (QED) is 0.186. The number of nitrogens with one attached hydrogen (secondary N) is 2. The van der Waals surface area contributed by atoms with E-state index in [1.807, 2.05) is 0 Å². The number of rotatable bonds is 6. The molecule has 0 unspecified atom stereocenters. The van der Waals surface area contributed by atoms with Crippen LogP contribution in [0.5, 0.6) is 0 Å². The van der Waals surface area contributed by atoms with Crippen LogP contribution in [-0.2, 0) is 19.1 Å². The van der Waals surface area contributed by atoms with Crippen LogP contribution in [0.25, 0.3) is 0 Å². The molecule has 11 atom stereocenters. The lowest BCUT2D eigenvalue weighted by Crippen LogP contribution is -2.64. The number of thioether (sulfide) groups is 1. The van der Waals surface area contributed by atoms with Gasteiger partial charge in [-0.2, -0.15) is 0 Å². The third kappa shape index (κ3) is 8.68. The number of hydrogen-bond acceptors (Lipinski definition) is 10. The lowest BCUT2D eigenvalue weighted by molar-refractivity contribution is -0.205. The van der Waals surface area contributed by atoms with Crippen molar-refractivity contribution in [3.63, 3.8) is 0 Å². The first-order valence-electron chi connectivity index (χ1n) is 15.6. The summed E-state index contributed by atoms with van der Waals surface area (Å²) in [6, 6.07) is -1.00. The van der Waals surface area contributed by atoms with Gasteiger partial charge in [0.05, 0.1) is 12.1 Å². The Balaban J connectivity index is 0.00000129. The molecule has 5 rings (SSSR count). The van der Waals surface area contributed by atoms with E-state index in [0.29, 0.717) is 30.8 Å². The molecule has 42 heavy (non-hydrogen) atoms. The average Bonchev–Trinajstić information content (AvgIpc) is 3.56. The van der Waals surface area contributed by atoms with Crippen LogP contribution in [0.15, 0.2) is 12.2 Å². The molecule has 12 heteroatoms. The number of aliphatic hydroxyl groups is 3. The minimum absolute atomic E-state index is 0.158. The summed E-state index contributed by atoms with van der Waals surface area (Å²) in [7, 11) is 0. The zero-order valence-electron chi connectivity index (χ0n) is 24.9. The highest BCUT2D eigenvalue weighted by Gasteiger charge is 2.49. The van der Waals surface area contributed by atoms with Crippen molar-refractivity contribution >= 4 is 24.1 Å². The van der Waals surface area contributed by atoms with Crippen LogP contribution in [0.1, 0.15) is 52.4 Å². The van der Waals surface area contributed by atoms with Crippen LogP contribution >= 0.6 is 11.8 Å². The standard InChI is InChI=1S/C29H49N3O6S.CH2O2/c1-17(2)12-18-8-11-37-26-20(13-18)14-30-22(26)28(36)31-21-7-5-6-19(15-32-9-3-4-10-32)16-39-29-25(35)23(33)24(34)27(21)38-29;2-1-3/h5-6,17-27,29-30,33-35H,3-4,7-16H2,1-2H3,(H,31,36);1H,(H,2,3)/b6-5-;/t18-,19-,20-,21+,22-,23-,24+,25+,26+,27+,29+;/m0./s1. The lowest BCUT2D eigenvalue weighted by atomic mass is 9.85. The zero-order valence-corrected chi connectivity index (χ0v) is 25.7. The van der Waals surface area contributed by atoms with E-state index in [1.54, 1.807) is 0 Å². The van der Waals surface area contributed by atoms with Gasteiger partial charge in [-0.3, -0.25) is 9.59 Å². The van der Waals surface area contributed by atoms with E-state index in [0.717, 1.165) is 44.8 Å². The molecule has 2 bridgehead atoms. The number of nitrogens with zero attached hydrogens (tertiary/aromatic N) is 1. The Morgan fingerprint density at radius 2 is 1.90 bits per heavy atom. The first-order chi connectivity index (χ1) is 20.2. The minimum atomic E-state index is -1.34. The van der Waals surface area contributed by atoms with E-state index < -0.39 is 41.9 Å². The summed E-state index contributed by atoms with van der Waals surface area (Å²) in [6.45, 7) is 8.86. The van der Waals surface area contributed by atoms with E-state index in [4.69, 9.17) is 19.4 Å². The molecule has 0 spiro atoms. The molecule has 11 nitrogen and oxygen atoms in total. The summed E-state index contributed by atoms with van der Waals surface area (Å²) in [5.74, 6) is 2.44. The molecule has 0 aliphatic carbocycles. The van der Waals surface area contributed by atoms with Gasteiger partial charge in [0.15, 0.2) is 0 Å². The summed E-state index contributed by atoms with van der Waals surface area (Å²) < 4.78 is 12.5.